The third-order valence-corrected chi connectivity index (χ3v) is 9.39. The van der Waals surface area contributed by atoms with Gasteiger partial charge in [0.1, 0.15) is 11.6 Å². The molecule has 1 aromatic carbocycles. The molecule has 5 rings (SSSR count). The van der Waals surface area contributed by atoms with Crippen LogP contribution in [0.2, 0.25) is 0 Å². The molecule has 3 saturated carbocycles. The number of nitrogens with one attached hydrogen (secondary N) is 1. The van der Waals surface area contributed by atoms with Gasteiger partial charge >= 0.3 is 10.2 Å². The number of ether oxygens (including phenoxy) is 1. The number of rotatable bonds is 7. The van der Waals surface area contributed by atoms with Crippen LogP contribution in [0.15, 0.2) is 12.1 Å². The highest BCUT2D eigenvalue weighted by Gasteiger charge is 2.46. The fourth-order valence-electron chi connectivity index (χ4n) is 6.08. The summed E-state index contributed by atoms with van der Waals surface area (Å²) in [5.41, 5.74) is 0.668. The molecule has 1 amide bonds. The van der Waals surface area contributed by atoms with E-state index in [9.17, 15) is 17.6 Å². The van der Waals surface area contributed by atoms with Crippen LogP contribution in [0.1, 0.15) is 80.6 Å². The fraction of sp³-hybridized carbons (Fsp3) is 0.708. The summed E-state index contributed by atoms with van der Waals surface area (Å²) < 4.78 is 48.8. The molecule has 0 spiro atoms. The maximum Gasteiger partial charge on any atom is 0.304 e. The van der Waals surface area contributed by atoms with Gasteiger partial charge < -0.3 is 4.74 Å². The largest absolute Gasteiger partial charge is 0.493 e. The average molecular weight is 465 g/mol. The Bertz CT molecular complexity index is 1010. The molecule has 4 fully saturated rings. The van der Waals surface area contributed by atoms with Crippen molar-refractivity contribution in [1.29, 1.82) is 0 Å². The molecule has 1 N–H and O–H groups in total. The molecule has 0 bridgehead atoms. The van der Waals surface area contributed by atoms with E-state index in [4.69, 9.17) is 4.74 Å². The summed E-state index contributed by atoms with van der Waals surface area (Å²) in [6.07, 6.45) is 7.60. The molecular formula is C24H33FN2O4S. The standard InChI is InChI=1S/C24H33FN2O4S/c1-15-8-17-12-24(2,13-18(17)9-15)14-31-22-11-21(25)20(10-19(22)16-4-5-16)23(28)26-32(29,30)27-6-3-7-27/h10-11,15-18H,3-9,12-14H2,1-2H3,(H,26,28). The van der Waals surface area contributed by atoms with E-state index in [0.717, 1.165) is 55.4 Å². The molecule has 176 valence electrons. The van der Waals surface area contributed by atoms with E-state index < -0.39 is 21.9 Å². The maximum atomic E-state index is 14.9. The van der Waals surface area contributed by atoms with Crippen LogP contribution in [0.5, 0.6) is 5.75 Å². The molecule has 1 saturated heterocycles. The summed E-state index contributed by atoms with van der Waals surface area (Å²) in [6, 6.07) is 2.77. The monoisotopic (exact) mass is 464 g/mol. The Morgan fingerprint density at radius 3 is 2.44 bits per heavy atom. The first-order valence-electron chi connectivity index (χ1n) is 11.9. The number of benzene rings is 1. The van der Waals surface area contributed by atoms with Crippen molar-refractivity contribution in [3.8, 4) is 5.75 Å². The Labute approximate surface area is 190 Å². The molecule has 2 atom stereocenters. The van der Waals surface area contributed by atoms with E-state index in [1.807, 2.05) is 4.72 Å². The Kier molecular flexibility index (Phi) is 5.52. The minimum Gasteiger partial charge on any atom is -0.493 e. The van der Waals surface area contributed by atoms with Crippen LogP contribution in [0.25, 0.3) is 0 Å². The summed E-state index contributed by atoms with van der Waals surface area (Å²) in [5.74, 6) is 1.43. The van der Waals surface area contributed by atoms with E-state index in [-0.39, 0.29) is 16.9 Å². The zero-order valence-electron chi connectivity index (χ0n) is 18.9. The lowest BCUT2D eigenvalue weighted by Crippen LogP contribution is -2.49. The molecule has 1 aromatic rings. The summed E-state index contributed by atoms with van der Waals surface area (Å²) in [5, 5.41) is 0. The van der Waals surface area contributed by atoms with Crippen molar-refractivity contribution in [2.24, 2.45) is 23.2 Å². The van der Waals surface area contributed by atoms with E-state index in [1.54, 1.807) is 0 Å². The zero-order chi connectivity index (χ0) is 22.7. The summed E-state index contributed by atoms with van der Waals surface area (Å²) in [7, 11) is -3.92. The molecule has 0 aromatic heterocycles. The lowest BCUT2D eigenvalue weighted by Gasteiger charge is -2.29. The molecule has 1 heterocycles. The number of hydrogen-bond acceptors (Lipinski definition) is 4. The van der Waals surface area contributed by atoms with Crippen LogP contribution >= 0.6 is 0 Å². The van der Waals surface area contributed by atoms with Crippen molar-refractivity contribution in [1.82, 2.24) is 9.03 Å². The Morgan fingerprint density at radius 2 is 1.88 bits per heavy atom. The van der Waals surface area contributed by atoms with Crippen LogP contribution in [-0.4, -0.2) is 38.3 Å². The Hall–Kier alpha value is -1.67. The maximum absolute atomic E-state index is 14.9. The highest BCUT2D eigenvalue weighted by molar-refractivity contribution is 7.87. The topological polar surface area (TPSA) is 75.7 Å². The lowest BCUT2D eigenvalue weighted by atomic mass is 9.86. The first-order valence-corrected chi connectivity index (χ1v) is 13.4. The quantitative estimate of drug-likeness (QED) is 0.655. The van der Waals surface area contributed by atoms with Crippen molar-refractivity contribution in [3.63, 3.8) is 0 Å². The third kappa shape index (κ3) is 4.28. The normalized spacial score (nSPS) is 32.4. The van der Waals surface area contributed by atoms with Crippen molar-refractivity contribution in [3.05, 3.63) is 29.1 Å². The molecule has 3 aliphatic carbocycles. The van der Waals surface area contributed by atoms with E-state index in [2.05, 4.69) is 13.8 Å². The minimum absolute atomic E-state index is 0.0914. The van der Waals surface area contributed by atoms with Gasteiger partial charge in [0.2, 0.25) is 0 Å². The summed E-state index contributed by atoms with van der Waals surface area (Å²) in [4.78, 5) is 12.6. The first-order chi connectivity index (χ1) is 15.1. The van der Waals surface area contributed by atoms with Gasteiger partial charge in [-0.05, 0) is 80.2 Å². The van der Waals surface area contributed by atoms with Crippen LogP contribution in [-0.2, 0) is 10.2 Å². The van der Waals surface area contributed by atoms with Crippen LogP contribution in [0.4, 0.5) is 4.39 Å². The smallest absolute Gasteiger partial charge is 0.304 e. The number of halogens is 1. The third-order valence-electron chi connectivity index (χ3n) is 7.90. The van der Waals surface area contributed by atoms with Gasteiger partial charge in [-0.3, -0.25) is 4.79 Å². The molecule has 2 unspecified atom stereocenters. The number of nitrogens with zero attached hydrogens (tertiary/aromatic N) is 1. The highest BCUT2D eigenvalue weighted by Crippen LogP contribution is 2.55. The van der Waals surface area contributed by atoms with Gasteiger partial charge in [-0.25, -0.2) is 9.11 Å². The lowest BCUT2D eigenvalue weighted by molar-refractivity contribution is 0.0973. The van der Waals surface area contributed by atoms with Gasteiger partial charge in [0, 0.05) is 24.6 Å². The first kappa shape index (κ1) is 22.1. The number of carbonyl (C=O) groups is 1. The number of amides is 1. The SMILES string of the molecule is CC1CC2CC(C)(COc3cc(F)c(C(=O)NS(=O)(=O)N4CCC4)cc3C3CC3)CC2C1. The summed E-state index contributed by atoms with van der Waals surface area (Å²) >= 11 is 0. The number of hydrogen-bond donors (Lipinski definition) is 1. The van der Waals surface area contributed by atoms with Crippen LogP contribution < -0.4 is 9.46 Å². The molecule has 0 radical (unpaired) electrons. The molecule has 4 aliphatic rings. The van der Waals surface area contributed by atoms with E-state index in [0.29, 0.717) is 25.4 Å². The van der Waals surface area contributed by atoms with E-state index in [1.165, 1.54) is 29.3 Å². The Balaban J connectivity index is 1.31. The van der Waals surface area contributed by atoms with Crippen molar-refractivity contribution < 1.29 is 22.3 Å². The van der Waals surface area contributed by atoms with Gasteiger partial charge in [0.15, 0.2) is 0 Å². The molecule has 8 heteroatoms. The second-order valence-electron chi connectivity index (χ2n) is 10.9. The van der Waals surface area contributed by atoms with Crippen LogP contribution in [0.3, 0.4) is 0 Å². The second-order valence-corrected chi connectivity index (χ2v) is 12.6. The van der Waals surface area contributed by atoms with Gasteiger partial charge in [0.25, 0.3) is 5.91 Å². The molecule has 32 heavy (non-hydrogen) atoms. The van der Waals surface area contributed by atoms with Gasteiger partial charge in [-0.1, -0.05) is 13.8 Å². The van der Waals surface area contributed by atoms with Crippen LogP contribution in [0, 0.1) is 29.0 Å². The van der Waals surface area contributed by atoms with Crippen molar-refractivity contribution in [2.75, 3.05) is 19.7 Å². The van der Waals surface area contributed by atoms with Crippen molar-refractivity contribution >= 4 is 16.1 Å². The van der Waals surface area contributed by atoms with Gasteiger partial charge in [-0.15, -0.1) is 0 Å². The zero-order valence-corrected chi connectivity index (χ0v) is 19.7. The fourth-order valence-corrected chi connectivity index (χ4v) is 7.29. The average Bonchev–Trinajstić information content (AvgIpc) is 3.36. The van der Waals surface area contributed by atoms with E-state index >= 15 is 0 Å². The van der Waals surface area contributed by atoms with Gasteiger partial charge in [0.05, 0.1) is 12.2 Å². The number of fused-ring (bicyclic) bond motifs is 1. The molecular weight excluding hydrogens is 431 g/mol. The molecule has 1 aliphatic heterocycles. The second kappa shape index (κ2) is 7.97. The van der Waals surface area contributed by atoms with Gasteiger partial charge in [-0.2, -0.15) is 12.7 Å². The number of carbonyl (C=O) groups excluding carboxylic acids is 1. The highest BCUT2D eigenvalue weighted by atomic mass is 32.2. The minimum atomic E-state index is -3.92. The predicted molar refractivity (Wildman–Crippen MR) is 119 cm³/mol. The Morgan fingerprint density at radius 1 is 1.22 bits per heavy atom. The molecule has 6 nitrogen and oxygen atoms in total. The summed E-state index contributed by atoms with van der Waals surface area (Å²) in [6.45, 7) is 5.91. The van der Waals surface area contributed by atoms with Crippen molar-refractivity contribution in [2.45, 2.75) is 64.7 Å². The predicted octanol–water partition coefficient (Wildman–Crippen LogP) is 4.22.